The second kappa shape index (κ2) is 15.8. The van der Waals surface area contributed by atoms with Crippen molar-refractivity contribution in [2.75, 3.05) is 6.54 Å². The number of aromatic amines is 2. The van der Waals surface area contributed by atoms with E-state index in [4.69, 9.17) is 16.6 Å². The van der Waals surface area contributed by atoms with Crippen LogP contribution in [0.3, 0.4) is 0 Å². The molecule has 0 bridgehead atoms. The van der Waals surface area contributed by atoms with Gasteiger partial charge in [-0.25, -0.2) is 14.8 Å². The second-order valence-corrected chi connectivity index (χ2v) is 8.91. The highest BCUT2D eigenvalue weighted by Gasteiger charge is 2.31. The highest BCUT2D eigenvalue weighted by molar-refractivity contribution is 5.94. The molecule has 4 atom stereocenters. The summed E-state index contributed by atoms with van der Waals surface area (Å²) in [4.78, 5) is 75.2. The van der Waals surface area contributed by atoms with Crippen LogP contribution >= 0.6 is 0 Å². The van der Waals surface area contributed by atoms with Crippen molar-refractivity contribution in [2.24, 2.45) is 11.5 Å². The van der Waals surface area contributed by atoms with E-state index in [1.54, 1.807) is 0 Å². The topological polar surface area (TPSA) is 271 Å². The minimum absolute atomic E-state index is 0.0777. The number of carboxylic acid groups (broad SMARTS) is 2. The Kier molecular flexibility index (Phi) is 12.5. The van der Waals surface area contributed by atoms with Gasteiger partial charge in [-0.2, -0.15) is 0 Å². The van der Waals surface area contributed by atoms with Gasteiger partial charge < -0.3 is 47.6 Å². The van der Waals surface area contributed by atoms with Crippen LogP contribution in [0.1, 0.15) is 43.5 Å². The van der Waals surface area contributed by atoms with Gasteiger partial charge in [0.25, 0.3) is 0 Å². The quantitative estimate of drug-likeness (QED) is 0.0898. The number of rotatable bonds is 18. The maximum Gasteiger partial charge on any atom is 0.326 e. The summed E-state index contributed by atoms with van der Waals surface area (Å²) in [5, 5.41) is 26.0. The van der Waals surface area contributed by atoms with Crippen LogP contribution in [0, 0.1) is 0 Å². The van der Waals surface area contributed by atoms with E-state index < -0.39 is 60.2 Å². The van der Waals surface area contributed by atoms with Crippen molar-refractivity contribution in [1.29, 1.82) is 0 Å². The van der Waals surface area contributed by atoms with E-state index in [1.165, 1.54) is 25.0 Å². The van der Waals surface area contributed by atoms with Crippen molar-refractivity contribution in [3.05, 3.63) is 36.4 Å². The molecule has 0 saturated heterocycles. The Hall–Kier alpha value is -4.31. The van der Waals surface area contributed by atoms with Crippen LogP contribution in [0.4, 0.5) is 0 Å². The minimum Gasteiger partial charge on any atom is -0.481 e. The number of H-pyrrole nitrogens is 2. The van der Waals surface area contributed by atoms with Gasteiger partial charge in [0.05, 0.1) is 18.7 Å². The summed E-state index contributed by atoms with van der Waals surface area (Å²) in [5.41, 5.74) is 12.5. The molecule has 0 aliphatic carbocycles. The van der Waals surface area contributed by atoms with Crippen LogP contribution in [-0.2, 0) is 36.8 Å². The largest absolute Gasteiger partial charge is 0.481 e. The monoisotopic (exact) mass is 549 g/mol. The van der Waals surface area contributed by atoms with E-state index >= 15 is 0 Å². The van der Waals surface area contributed by atoms with Crippen LogP contribution in [0.15, 0.2) is 25.0 Å². The Morgan fingerprint density at radius 2 is 1.36 bits per heavy atom. The van der Waals surface area contributed by atoms with Gasteiger partial charge in [0.2, 0.25) is 17.7 Å². The average molecular weight is 550 g/mol. The van der Waals surface area contributed by atoms with Gasteiger partial charge in [-0.3, -0.25) is 19.2 Å². The average Bonchev–Trinajstić information content (AvgIpc) is 3.59. The summed E-state index contributed by atoms with van der Waals surface area (Å²) in [6.07, 6.45) is 6.16. The highest BCUT2D eigenvalue weighted by Crippen LogP contribution is 2.07. The summed E-state index contributed by atoms with van der Waals surface area (Å²) in [7, 11) is 0. The molecule has 3 amide bonds. The first-order valence-corrected chi connectivity index (χ1v) is 12.4. The van der Waals surface area contributed by atoms with Crippen LogP contribution in [0.5, 0.6) is 0 Å². The van der Waals surface area contributed by atoms with Crippen LogP contribution in [0.25, 0.3) is 0 Å². The van der Waals surface area contributed by atoms with Crippen LogP contribution < -0.4 is 27.4 Å². The molecule has 0 saturated carbocycles. The number of carboxylic acids is 2. The van der Waals surface area contributed by atoms with Crippen molar-refractivity contribution in [2.45, 2.75) is 69.1 Å². The number of carbonyl (C=O) groups is 5. The van der Waals surface area contributed by atoms with Crippen molar-refractivity contribution >= 4 is 29.7 Å². The number of unbranched alkanes of at least 4 members (excludes halogenated alkanes) is 1. The molecule has 11 N–H and O–H groups in total. The molecule has 2 heterocycles. The number of amides is 3. The first-order valence-electron chi connectivity index (χ1n) is 12.4. The number of aromatic nitrogens is 4. The first kappa shape index (κ1) is 30.9. The lowest BCUT2D eigenvalue weighted by atomic mass is 10.1. The number of aliphatic carboxylic acids is 2. The zero-order valence-electron chi connectivity index (χ0n) is 21.3. The molecule has 2 aromatic rings. The molecule has 16 nitrogen and oxygen atoms in total. The summed E-state index contributed by atoms with van der Waals surface area (Å²) in [6, 6.07) is -4.89. The summed E-state index contributed by atoms with van der Waals surface area (Å²) in [6.45, 7) is 0.369. The van der Waals surface area contributed by atoms with Gasteiger partial charge in [0.15, 0.2) is 0 Å². The minimum atomic E-state index is -1.33. The van der Waals surface area contributed by atoms with Crippen molar-refractivity contribution in [3.63, 3.8) is 0 Å². The Morgan fingerprint density at radius 3 is 1.90 bits per heavy atom. The third kappa shape index (κ3) is 10.9. The van der Waals surface area contributed by atoms with Crippen molar-refractivity contribution in [3.8, 4) is 0 Å². The van der Waals surface area contributed by atoms with E-state index in [9.17, 15) is 29.1 Å². The predicted molar refractivity (Wildman–Crippen MR) is 136 cm³/mol. The lowest BCUT2D eigenvalue weighted by Gasteiger charge is -2.25. The fourth-order valence-corrected chi connectivity index (χ4v) is 3.66. The molecule has 0 radical (unpaired) electrons. The third-order valence-corrected chi connectivity index (χ3v) is 5.78. The summed E-state index contributed by atoms with van der Waals surface area (Å²) < 4.78 is 0. The lowest BCUT2D eigenvalue weighted by molar-refractivity contribution is -0.142. The Morgan fingerprint density at radius 1 is 0.795 bits per heavy atom. The van der Waals surface area contributed by atoms with E-state index in [1.807, 2.05) is 0 Å². The number of nitrogens with one attached hydrogen (secondary N) is 5. The maximum absolute atomic E-state index is 13.2. The van der Waals surface area contributed by atoms with Crippen LogP contribution in [-0.4, -0.2) is 90.5 Å². The van der Waals surface area contributed by atoms with Gasteiger partial charge in [-0.1, -0.05) is 0 Å². The Balaban J connectivity index is 2.16. The summed E-state index contributed by atoms with van der Waals surface area (Å²) in [5.74, 6) is -4.77. The molecular weight excluding hydrogens is 514 g/mol. The highest BCUT2D eigenvalue weighted by atomic mass is 16.4. The van der Waals surface area contributed by atoms with Crippen molar-refractivity contribution < 1.29 is 34.2 Å². The van der Waals surface area contributed by atoms with Gasteiger partial charge in [-0.15, -0.1) is 0 Å². The molecule has 214 valence electrons. The van der Waals surface area contributed by atoms with E-state index in [0.29, 0.717) is 30.8 Å². The fraction of sp³-hybridized carbons (Fsp3) is 0.522. The first-order chi connectivity index (χ1) is 18.6. The predicted octanol–water partition coefficient (Wildman–Crippen LogP) is -2.22. The second-order valence-electron chi connectivity index (χ2n) is 8.91. The van der Waals surface area contributed by atoms with E-state index in [-0.39, 0.29) is 25.7 Å². The van der Waals surface area contributed by atoms with E-state index in [2.05, 4.69) is 35.9 Å². The number of carbonyl (C=O) groups excluding carboxylic acids is 3. The number of nitrogens with zero attached hydrogens (tertiary/aromatic N) is 2. The molecular formula is C23H35N9O7. The SMILES string of the molecule is NCCCCC(NC(=O)C(Cc1cnc[nH]1)NC(=O)C(CCC(=O)O)NC(=O)C(N)Cc1cnc[nH]1)C(=O)O. The molecule has 0 aliphatic rings. The Labute approximate surface area is 223 Å². The maximum atomic E-state index is 13.2. The third-order valence-electron chi connectivity index (χ3n) is 5.78. The van der Waals surface area contributed by atoms with E-state index in [0.717, 1.165) is 0 Å². The van der Waals surface area contributed by atoms with Gasteiger partial charge in [0.1, 0.15) is 18.1 Å². The molecule has 16 heteroatoms. The zero-order valence-corrected chi connectivity index (χ0v) is 21.3. The summed E-state index contributed by atoms with van der Waals surface area (Å²) >= 11 is 0. The molecule has 0 spiro atoms. The zero-order chi connectivity index (χ0) is 28.8. The molecule has 0 aromatic carbocycles. The van der Waals surface area contributed by atoms with Gasteiger partial charge in [0, 0.05) is 43.0 Å². The molecule has 4 unspecified atom stereocenters. The van der Waals surface area contributed by atoms with Crippen LogP contribution in [0.2, 0.25) is 0 Å². The number of imidazole rings is 2. The number of hydrogen-bond donors (Lipinski definition) is 9. The lowest BCUT2D eigenvalue weighted by Crippen LogP contribution is -2.57. The normalized spacial score (nSPS) is 14.0. The molecule has 39 heavy (non-hydrogen) atoms. The van der Waals surface area contributed by atoms with Gasteiger partial charge in [-0.05, 0) is 32.2 Å². The van der Waals surface area contributed by atoms with Crippen molar-refractivity contribution in [1.82, 2.24) is 35.9 Å². The number of nitrogens with two attached hydrogens (primary N) is 2. The molecule has 2 rings (SSSR count). The fourth-order valence-electron chi connectivity index (χ4n) is 3.66. The number of hydrogen-bond acceptors (Lipinski definition) is 9. The smallest absolute Gasteiger partial charge is 0.326 e. The molecule has 2 aromatic heterocycles. The Bertz CT molecular complexity index is 1080. The van der Waals surface area contributed by atoms with Gasteiger partial charge >= 0.3 is 11.9 Å². The standard InChI is InChI=1S/C23H35N9O7/c24-6-2-1-3-17(23(38)39)31-22(37)18(8-14-10-27-12-29-14)32-21(36)16(4-5-19(33)34)30-20(35)15(25)7-13-9-26-11-28-13/h9-12,15-18H,1-8,24-25H2,(H,26,28)(H,27,29)(H,30,35)(H,31,37)(H,32,36)(H,33,34)(H,38,39). The molecule has 0 fully saturated rings. The molecule has 0 aliphatic heterocycles.